The fourth-order valence-electron chi connectivity index (χ4n) is 2.15. The first-order chi connectivity index (χ1) is 5.58. The molecule has 1 heteroatoms. The molecule has 0 heterocycles. The van der Waals surface area contributed by atoms with Crippen LogP contribution >= 0.6 is 0 Å². The van der Waals surface area contributed by atoms with E-state index < -0.39 is 0 Å². The second-order valence-electron chi connectivity index (χ2n) is 5.31. The van der Waals surface area contributed by atoms with Gasteiger partial charge in [0, 0.05) is 0 Å². The predicted octanol–water partition coefficient (Wildman–Crippen LogP) is 2.66. The van der Waals surface area contributed by atoms with Gasteiger partial charge in [0.15, 0.2) is 0 Å². The van der Waals surface area contributed by atoms with Gasteiger partial charge in [0.1, 0.15) is 0 Å². The van der Waals surface area contributed by atoms with Crippen LogP contribution in [0.25, 0.3) is 0 Å². The number of quaternary nitrogens is 1. The fourth-order valence-corrected chi connectivity index (χ4v) is 2.15. The fraction of sp³-hybridized carbons (Fsp3) is 1.00. The van der Waals surface area contributed by atoms with E-state index in [0.29, 0.717) is 0 Å². The average molecular weight is 170 g/mol. The first kappa shape index (κ1) is 10.0. The Morgan fingerprint density at radius 1 is 1.08 bits per heavy atom. The van der Waals surface area contributed by atoms with Crippen LogP contribution in [0.2, 0.25) is 0 Å². The molecule has 0 aromatic heterocycles. The molecule has 1 aliphatic rings. The van der Waals surface area contributed by atoms with E-state index in [1.807, 2.05) is 0 Å². The maximum Gasteiger partial charge on any atom is 0.0780 e. The highest BCUT2D eigenvalue weighted by molar-refractivity contribution is 4.66. The predicted molar refractivity (Wildman–Crippen MR) is 54.1 cm³/mol. The first-order valence-electron chi connectivity index (χ1n) is 5.38. The lowest BCUT2D eigenvalue weighted by Crippen LogP contribution is -2.35. The Kier molecular flexibility index (Phi) is 3.57. The third-order valence-corrected chi connectivity index (χ3v) is 2.92. The van der Waals surface area contributed by atoms with Crippen LogP contribution in [0.1, 0.15) is 38.5 Å². The molecule has 0 N–H and O–H groups in total. The molecule has 1 nitrogen and oxygen atoms in total. The smallest absolute Gasteiger partial charge is 0.0780 e. The van der Waals surface area contributed by atoms with Crippen molar-refractivity contribution < 1.29 is 4.48 Å². The van der Waals surface area contributed by atoms with Gasteiger partial charge in [-0.25, -0.2) is 0 Å². The molecule has 1 fully saturated rings. The molecule has 0 aromatic carbocycles. The van der Waals surface area contributed by atoms with Gasteiger partial charge in [0.2, 0.25) is 0 Å². The van der Waals surface area contributed by atoms with Gasteiger partial charge in [0.25, 0.3) is 0 Å². The summed E-state index contributed by atoms with van der Waals surface area (Å²) in [5.74, 6) is 1.08. The van der Waals surface area contributed by atoms with E-state index >= 15 is 0 Å². The maximum atomic E-state index is 2.29. The summed E-state index contributed by atoms with van der Waals surface area (Å²) in [6, 6.07) is 0. The lowest BCUT2D eigenvalue weighted by Gasteiger charge is -2.24. The SMILES string of the molecule is C[N+](C)(C)CCCC1CCCC1. The second-order valence-corrected chi connectivity index (χ2v) is 5.31. The van der Waals surface area contributed by atoms with E-state index in [9.17, 15) is 0 Å². The van der Waals surface area contributed by atoms with E-state index in [0.717, 1.165) is 10.4 Å². The highest BCUT2D eigenvalue weighted by Crippen LogP contribution is 2.28. The Morgan fingerprint density at radius 3 is 2.17 bits per heavy atom. The van der Waals surface area contributed by atoms with Gasteiger partial charge in [-0.3, -0.25) is 0 Å². The molecule has 72 valence electrons. The molecule has 0 amide bonds. The van der Waals surface area contributed by atoms with Crippen LogP contribution in [0.3, 0.4) is 0 Å². The Balaban J connectivity index is 2.02. The van der Waals surface area contributed by atoms with E-state index in [1.165, 1.54) is 45.1 Å². The van der Waals surface area contributed by atoms with Crippen LogP contribution in [0.5, 0.6) is 0 Å². The number of hydrogen-bond donors (Lipinski definition) is 0. The van der Waals surface area contributed by atoms with E-state index in [2.05, 4.69) is 21.1 Å². The zero-order chi connectivity index (χ0) is 9.03. The number of nitrogens with zero attached hydrogens (tertiary/aromatic N) is 1. The van der Waals surface area contributed by atoms with Gasteiger partial charge in [-0.2, -0.15) is 0 Å². The molecule has 0 aromatic rings. The molecule has 0 aliphatic heterocycles. The minimum atomic E-state index is 1.08. The zero-order valence-corrected chi connectivity index (χ0v) is 8.97. The summed E-state index contributed by atoms with van der Waals surface area (Å²) in [5.41, 5.74) is 0. The molecule has 12 heavy (non-hydrogen) atoms. The summed E-state index contributed by atoms with van der Waals surface area (Å²) in [6.07, 6.45) is 8.92. The molecular formula is C11H24N+. The Hall–Kier alpha value is -0.0400. The van der Waals surface area contributed by atoms with Crippen molar-refractivity contribution in [1.82, 2.24) is 0 Å². The molecule has 0 bridgehead atoms. The largest absolute Gasteiger partial charge is 0.331 e. The lowest BCUT2D eigenvalue weighted by molar-refractivity contribution is -0.870. The molecule has 1 rings (SSSR count). The van der Waals surface area contributed by atoms with Crippen molar-refractivity contribution in [3.05, 3.63) is 0 Å². The molecule has 1 saturated carbocycles. The minimum Gasteiger partial charge on any atom is -0.331 e. The molecule has 1 aliphatic carbocycles. The third kappa shape index (κ3) is 4.10. The van der Waals surface area contributed by atoms with Crippen molar-refractivity contribution in [2.24, 2.45) is 5.92 Å². The third-order valence-electron chi connectivity index (χ3n) is 2.92. The van der Waals surface area contributed by atoms with Crippen LogP contribution in [-0.2, 0) is 0 Å². The molecule has 0 unspecified atom stereocenters. The lowest BCUT2D eigenvalue weighted by atomic mass is 10.0. The van der Waals surface area contributed by atoms with Crippen molar-refractivity contribution in [2.75, 3.05) is 27.7 Å². The van der Waals surface area contributed by atoms with Crippen molar-refractivity contribution in [3.63, 3.8) is 0 Å². The molecule has 0 radical (unpaired) electrons. The average Bonchev–Trinajstić information content (AvgIpc) is 2.36. The summed E-state index contributed by atoms with van der Waals surface area (Å²) >= 11 is 0. The normalized spacial score (nSPS) is 20.2. The second kappa shape index (κ2) is 4.27. The summed E-state index contributed by atoms with van der Waals surface area (Å²) < 4.78 is 1.13. The van der Waals surface area contributed by atoms with Crippen molar-refractivity contribution in [1.29, 1.82) is 0 Å². The molecule has 0 atom stereocenters. The summed E-state index contributed by atoms with van der Waals surface area (Å²) in [7, 11) is 6.86. The highest BCUT2D eigenvalue weighted by atomic mass is 15.3. The van der Waals surface area contributed by atoms with Crippen LogP contribution in [-0.4, -0.2) is 32.2 Å². The van der Waals surface area contributed by atoms with Gasteiger partial charge in [-0.15, -0.1) is 0 Å². The summed E-state index contributed by atoms with van der Waals surface area (Å²) in [5, 5.41) is 0. The number of hydrogen-bond acceptors (Lipinski definition) is 0. The van der Waals surface area contributed by atoms with Crippen LogP contribution in [0, 0.1) is 5.92 Å². The van der Waals surface area contributed by atoms with Crippen molar-refractivity contribution in [2.45, 2.75) is 38.5 Å². The Bertz CT molecular complexity index is 117. The minimum absolute atomic E-state index is 1.08. The van der Waals surface area contributed by atoms with Crippen LogP contribution < -0.4 is 0 Å². The van der Waals surface area contributed by atoms with E-state index in [4.69, 9.17) is 0 Å². The highest BCUT2D eigenvalue weighted by Gasteiger charge is 2.15. The standard InChI is InChI=1S/C11H24N/c1-12(2,3)10-6-9-11-7-4-5-8-11/h11H,4-10H2,1-3H3/q+1. The zero-order valence-electron chi connectivity index (χ0n) is 8.97. The monoisotopic (exact) mass is 170 g/mol. The van der Waals surface area contributed by atoms with E-state index in [-0.39, 0.29) is 0 Å². The Morgan fingerprint density at radius 2 is 1.67 bits per heavy atom. The topological polar surface area (TPSA) is 0 Å². The summed E-state index contributed by atoms with van der Waals surface area (Å²) in [6.45, 7) is 1.34. The Labute approximate surface area is 77.4 Å². The summed E-state index contributed by atoms with van der Waals surface area (Å²) in [4.78, 5) is 0. The van der Waals surface area contributed by atoms with Gasteiger partial charge < -0.3 is 4.48 Å². The van der Waals surface area contributed by atoms with Gasteiger partial charge in [0.05, 0.1) is 27.7 Å². The van der Waals surface area contributed by atoms with Crippen LogP contribution in [0.15, 0.2) is 0 Å². The molecule has 0 spiro atoms. The van der Waals surface area contributed by atoms with Gasteiger partial charge >= 0.3 is 0 Å². The molecular weight excluding hydrogens is 146 g/mol. The van der Waals surface area contributed by atoms with Crippen LogP contribution in [0.4, 0.5) is 0 Å². The van der Waals surface area contributed by atoms with Gasteiger partial charge in [-0.1, -0.05) is 25.7 Å². The maximum absolute atomic E-state index is 2.29. The molecule has 0 saturated heterocycles. The quantitative estimate of drug-likeness (QED) is 0.569. The van der Waals surface area contributed by atoms with Crippen molar-refractivity contribution in [3.8, 4) is 0 Å². The van der Waals surface area contributed by atoms with Gasteiger partial charge in [-0.05, 0) is 18.8 Å². The first-order valence-corrected chi connectivity index (χ1v) is 5.38. The van der Waals surface area contributed by atoms with E-state index in [1.54, 1.807) is 0 Å². The number of rotatable bonds is 4. The van der Waals surface area contributed by atoms with Crippen molar-refractivity contribution >= 4 is 0 Å².